The Morgan fingerprint density at radius 3 is 1.85 bits per heavy atom. The molecular weight excluding hydrogens is 1100 g/mol. The number of methoxy groups -OCH3 is 1. The molecule has 6 rings (SSSR count). The molecule has 4 heterocycles. The average molecular weight is 1210 g/mol. The largest absolute Gasteiger partial charge is 0.459 e. The van der Waals surface area contributed by atoms with Crippen molar-refractivity contribution in [1.82, 2.24) is 9.80 Å². The second kappa shape index (κ2) is 32.9. The predicted molar refractivity (Wildman–Crippen MR) is 336 cm³/mol. The van der Waals surface area contributed by atoms with Gasteiger partial charge in [0.25, 0.3) is 0 Å². The van der Waals surface area contributed by atoms with E-state index in [1.807, 2.05) is 39.8 Å². The Kier molecular flexibility index (Phi) is 27.6. The van der Waals surface area contributed by atoms with E-state index >= 15 is 0 Å². The average Bonchev–Trinajstić information content (AvgIpc) is 2.04. The Morgan fingerprint density at radius 1 is 0.753 bits per heavy atom. The third-order valence-corrected chi connectivity index (χ3v) is 25.1. The standard InChI is InChI=1S/C68H114N2O14P/c1-14-56-68(10,77)61(73)50(6)70(57(71)36-30-22-20-18-16-15-17-19-21-23-31-41-85(52-32-26-24-27-33-52,53-34-28-25-29-35-53)54-37-39-79-40-38-54)45-46(2)43-66(8,76)63(84-65-59(72)55(69(11)12)42-47(3)80-65)48(4)60(49(5)64(75)82-56)83-58-44-67(9,78-13)62(74)51(7)81-58/h24-29,32-35,46-51,54-56,58-63,65,72-74,76-77H,14-23,30-31,36-45H2,1-13H3/q+1/t46-,47-,48+,49-,50-,51+,55+,56-,58+,59-,60+,61-,62+,63-,65+,66-,67-,68-/m1/s1. The molecule has 4 aliphatic rings. The molecular formula is C68H114N2O14P+. The highest BCUT2D eigenvalue weighted by Gasteiger charge is 2.54. The quantitative estimate of drug-likeness (QED) is 0.0377. The number of amides is 1. The molecule has 4 aliphatic heterocycles. The molecule has 0 radical (unpaired) electrons. The van der Waals surface area contributed by atoms with Crippen LogP contribution >= 0.6 is 7.26 Å². The third-order valence-electron chi connectivity index (χ3n) is 19.9. The number of likely N-dealkylation sites (N-methyl/N-ethyl adjacent to an activating group) is 1. The predicted octanol–water partition coefficient (Wildman–Crippen LogP) is 9.33. The highest BCUT2D eigenvalue weighted by molar-refractivity contribution is 7.90. The summed E-state index contributed by atoms with van der Waals surface area (Å²) < 4.78 is 44.2. The van der Waals surface area contributed by atoms with Gasteiger partial charge in [0.2, 0.25) is 5.91 Å². The monoisotopic (exact) mass is 1210 g/mol. The van der Waals surface area contributed by atoms with Crippen LogP contribution in [0.15, 0.2) is 60.7 Å². The number of hydrogen-bond acceptors (Lipinski definition) is 15. The molecule has 0 aliphatic carbocycles. The summed E-state index contributed by atoms with van der Waals surface area (Å²) in [6.07, 6.45) is 6.49. The molecule has 2 aromatic rings. The van der Waals surface area contributed by atoms with E-state index in [1.54, 1.807) is 46.4 Å². The second-order valence-electron chi connectivity index (χ2n) is 27.0. The van der Waals surface area contributed by atoms with E-state index in [-0.39, 0.29) is 50.3 Å². The summed E-state index contributed by atoms with van der Waals surface area (Å²) in [7, 11) is 3.66. The molecule has 4 saturated heterocycles. The highest BCUT2D eigenvalue weighted by atomic mass is 31.2. The topological polar surface area (TPSA) is 206 Å². The molecule has 0 spiro atoms. The Bertz CT molecular complexity index is 2230. The van der Waals surface area contributed by atoms with Crippen LogP contribution in [0.4, 0.5) is 0 Å². The van der Waals surface area contributed by atoms with Gasteiger partial charge in [0.1, 0.15) is 30.0 Å². The summed E-state index contributed by atoms with van der Waals surface area (Å²) in [5.41, 5.74) is -4.13. The van der Waals surface area contributed by atoms with E-state index in [1.165, 1.54) is 69.3 Å². The van der Waals surface area contributed by atoms with Crippen LogP contribution in [0, 0.1) is 17.8 Å². The lowest BCUT2D eigenvalue weighted by molar-refractivity contribution is -0.318. The third kappa shape index (κ3) is 18.3. The zero-order valence-corrected chi connectivity index (χ0v) is 55.2. The van der Waals surface area contributed by atoms with E-state index in [0.717, 1.165) is 51.7 Å². The van der Waals surface area contributed by atoms with Crippen LogP contribution in [0.2, 0.25) is 0 Å². The Morgan fingerprint density at radius 2 is 1.31 bits per heavy atom. The first kappa shape index (κ1) is 71.4. The summed E-state index contributed by atoms with van der Waals surface area (Å²) in [6.45, 7) is 19.2. The number of carbonyl (C=O) groups excluding carboxylic acids is 2. The normalized spacial score (nSPS) is 36.2. The van der Waals surface area contributed by atoms with Gasteiger partial charge in [0.05, 0.1) is 90.5 Å². The SMILES string of the molecule is CC[C@H]1OC(=O)[C@H](C)[C@@H](O[C@H]2C[C@@](C)(OC)[C@@H](O)[C@H](C)O2)[C@H](C)[C@@H](O[C@@H]2O[C@H](C)C[C@H](N(C)C)[C@H]2O)[C@](C)(O)C[C@@H](C)CN(C(=O)CCCCCCCCCCCCC[P+](c2ccccc2)(c2ccccc2)C2CCOCC2)[C@H](C)[C@@H](O)[C@]1(C)O. The van der Waals surface area contributed by atoms with Crippen LogP contribution in [0.3, 0.4) is 0 Å². The molecule has 2 aromatic carbocycles. The first-order valence-corrected chi connectivity index (χ1v) is 34.8. The number of aliphatic hydroxyl groups excluding tert-OH is 3. The fourth-order valence-electron chi connectivity index (χ4n) is 14.7. The minimum atomic E-state index is -2.00. The number of cyclic esters (lactones) is 1. The van der Waals surface area contributed by atoms with Gasteiger partial charge in [-0.2, -0.15) is 0 Å². The number of nitrogens with zero attached hydrogens (tertiary/aromatic N) is 2. The molecule has 0 unspecified atom stereocenters. The fourth-order valence-corrected chi connectivity index (χ4v) is 20.0. The Labute approximate surface area is 512 Å². The second-order valence-corrected chi connectivity index (χ2v) is 31.0. The number of aliphatic hydroxyl groups is 5. The highest BCUT2D eigenvalue weighted by Crippen LogP contribution is 2.64. The molecule has 5 N–H and O–H groups in total. The van der Waals surface area contributed by atoms with Gasteiger partial charge in [0.15, 0.2) is 12.6 Å². The van der Waals surface area contributed by atoms with Gasteiger partial charge in [-0.1, -0.05) is 109 Å². The zero-order chi connectivity index (χ0) is 62.3. The lowest BCUT2D eigenvalue weighted by Gasteiger charge is -2.48. The van der Waals surface area contributed by atoms with Crippen LogP contribution in [0.1, 0.15) is 185 Å². The smallest absolute Gasteiger partial charge is 0.311 e. The van der Waals surface area contributed by atoms with Crippen molar-refractivity contribution in [3.63, 3.8) is 0 Å². The maximum absolute atomic E-state index is 14.7. The minimum absolute atomic E-state index is 0.0789. The molecule has 484 valence electrons. The first-order chi connectivity index (χ1) is 40.3. The lowest BCUT2D eigenvalue weighted by atomic mass is 9.77. The maximum Gasteiger partial charge on any atom is 0.311 e. The van der Waals surface area contributed by atoms with Gasteiger partial charge in [-0.3, -0.25) is 9.59 Å². The van der Waals surface area contributed by atoms with Crippen molar-refractivity contribution in [3.8, 4) is 0 Å². The molecule has 18 atom stereocenters. The summed E-state index contributed by atoms with van der Waals surface area (Å²) in [5, 5.41) is 63.6. The van der Waals surface area contributed by atoms with E-state index in [0.29, 0.717) is 18.5 Å². The van der Waals surface area contributed by atoms with Crippen molar-refractivity contribution in [2.75, 3.05) is 47.1 Å². The number of ether oxygens (including phenoxy) is 7. The van der Waals surface area contributed by atoms with Gasteiger partial charge in [-0.05, 0) is 131 Å². The molecule has 0 aromatic heterocycles. The van der Waals surface area contributed by atoms with Crippen LogP contribution in [-0.2, 0) is 42.7 Å². The van der Waals surface area contributed by atoms with Gasteiger partial charge in [-0.25, -0.2) is 0 Å². The molecule has 0 bridgehead atoms. The molecule has 17 heteroatoms. The Balaban J connectivity index is 1.10. The van der Waals surface area contributed by atoms with Crippen LogP contribution in [0.5, 0.6) is 0 Å². The van der Waals surface area contributed by atoms with Crippen LogP contribution in [0.25, 0.3) is 0 Å². The number of esters is 1. The molecule has 4 fully saturated rings. The number of benzene rings is 2. The summed E-state index contributed by atoms with van der Waals surface area (Å²) in [4.78, 5) is 32.8. The molecule has 16 nitrogen and oxygen atoms in total. The number of unbranched alkanes of at least 4 members (excludes halogenated alkanes) is 10. The van der Waals surface area contributed by atoms with Gasteiger partial charge in [0, 0.05) is 51.3 Å². The minimum Gasteiger partial charge on any atom is -0.459 e. The van der Waals surface area contributed by atoms with Crippen molar-refractivity contribution in [2.45, 2.75) is 281 Å². The summed E-state index contributed by atoms with van der Waals surface area (Å²) in [6, 6.07) is 21.5. The van der Waals surface area contributed by atoms with Crippen molar-refractivity contribution in [2.24, 2.45) is 17.8 Å². The van der Waals surface area contributed by atoms with Crippen molar-refractivity contribution in [3.05, 3.63) is 60.7 Å². The van der Waals surface area contributed by atoms with Gasteiger partial charge >= 0.3 is 5.97 Å². The van der Waals surface area contributed by atoms with Gasteiger partial charge in [-0.15, -0.1) is 0 Å². The Hall–Kier alpha value is -2.67. The maximum atomic E-state index is 14.7. The van der Waals surface area contributed by atoms with Crippen molar-refractivity contribution in [1.29, 1.82) is 0 Å². The van der Waals surface area contributed by atoms with Crippen molar-refractivity contribution < 1.29 is 68.3 Å². The van der Waals surface area contributed by atoms with Crippen LogP contribution in [-0.4, -0.2) is 190 Å². The van der Waals surface area contributed by atoms with E-state index < -0.39 is 109 Å². The van der Waals surface area contributed by atoms with E-state index in [4.69, 9.17) is 33.2 Å². The summed E-state index contributed by atoms with van der Waals surface area (Å²) >= 11 is 0. The van der Waals surface area contributed by atoms with E-state index in [2.05, 4.69) is 60.7 Å². The lowest BCUT2D eigenvalue weighted by Crippen LogP contribution is -2.60. The molecule has 85 heavy (non-hydrogen) atoms. The summed E-state index contributed by atoms with van der Waals surface area (Å²) in [5.74, 6) is -3.24. The number of rotatable bonds is 24. The first-order valence-electron chi connectivity index (χ1n) is 32.7. The molecule has 0 saturated carbocycles. The van der Waals surface area contributed by atoms with Crippen molar-refractivity contribution >= 4 is 29.7 Å². The van der Waals surface area contributed by atoms with Crippen LogP contribution < -0.4 is 10.6 Å². The number of carbonyl (C=O) groups is 2. The fraction of sp³-hybridized carbons (Fsp3) is 0.794. The van der Waals surface area contributed by atoms with E-state index in [9.17, 15) is 35.1 Å². The molecule has 1 amide bonds. The number of hydrogen-bond donors (Lipinski definition) is 5. The zero-order valence-electron chi connectivity index (χ0n) is 54.3. The van der Waals surface area contributed by atoms with Gasteiger partial charge < -0.3 is 68.5 Å².